The third-order valence-electron chi connectivity index (χ3n) is 6.39. The molecule has 1 atom stereocenters. The van der Waals surface area contributed by atoms with Gasteiger partial charge in [0.25, 0.3) is 5.91 Å². The fourth-order valence-electron chi connectivity index (χ4n) is 4.74. The van der Waals surface area contributed by atoms with Gasteiger partial charge >= 0.3 is 0 Å². The van der Waals surface area contributed by atoms with Gasteiger partial charge in [-0.05, 0) is 55.3 Å². The largest absolute Gasteiger partial charge is 0.497 e. The molecule has 0 spiro atoms. The van der Waals surface area contributed by atoms with Gasteiger partial charge < -0.3 is 19.1 Å². The summed E-state index contributed by atoms with van der Waals surface area (Å²) in [6, 6.07) is 12.1. The molecular formula is C24H24BrN3O3. The Kier molecular flexibility index (Phi) is 5.01. The van der Waals surface area contributed by atoms with Crippen molar-refractivity contribution in [2.75, 3.05) is 38.2 Å². The number of halogens is 1. The average molecular weight is 482 g/mol. The molecule has 5 rings (SSSR count). The zero-order chi connectivity index (χ0) is 21.7. The maximum absolute atomic E-state index is 13.3. The molecule has 2 aromatic carbocycles. The number of anilines is 1. The van der Waals surface area contributed by atoms with Gasteiger partial charge in [-0.15, -0.1) is 0 Å². The van der Waals surface area contributed by atoms with Gasteiger partial charge in [-0.1, -0.05) is 15.9 Å². The minimum Gasteiger partial charge on any atom is -0.497 e. The van der Waals surface area contributed by atoms with Crippen LogP contribution in [0.5, 0.6) is 5.75 Å². The minimum atomic E-state index is -0.175. The van der Waals surface area contributed by atoms with Crippen molar-refractivity contribution in [2.45, 2.75) is 19.4 Å². The van der Waals surface area contributed by atoms with Gasteiger partial charge in [0.05, 0.1) is 12.6 Å². The Balaban J connectivity index is 1.40. The molecule has 3 heterocycles. The molecule has 0 unspecified atom stereocenters. The number of methoxy groups -OCH3 is 1. The highest BCUT2D eigenvalue weighted by Crippen LogP contribution is 2.33. The van der Waals surface area contributed by atoms with Crippen molar-refractivity contribution in [3.8, 4) is 5.75 Å². The molecule has 31 heavy (non-hydrogen) atoms. The molecule has 0 N–H and O–H groups in total. The predicted molar refractivity (Wildman–Crippen MR) is 125 cm³/mol. The summed E-state index contributed by atoms with van der Waals surface area (Å²) in [5.74, 6) is 0.650. The van der Waals surface area contributed by atoms with Crippen LogP contribution < -0.4 is 15.1 Å². The van der Waals surface area contributed by atoms with Crippen LogP contribution in [-0.2, 0) is 6.42 Å². The third kappa shape index (κ3) is 3.41. The first-order valence-electron chi connectivity index (χ1n) is 10.5. The molecule has 1 fully saturated rings. The number of piperazine rings is 1. The highest BCUT2D eigenvalue weighted by Gasteiger charge is 2.28. The van der Waals surface area contributed by atoms with Crippen LogP contribution in [0.1, 0.15) is 28.9 Å². The van der Waals surface area contributed by atoms with Crippen molar-refractivity contribution in [3.05, 3.63) is 68.4 Å². The molecule has 1 amide bonds. The summed E-state index contributed by atoms with van der Waals surface area (Å²) in [6.45, 7) is 4.75. The van der Waals surface area contributed by atoms with Crippen molar-refractivity contribution in [1.82, 2.24) is 9.47 Å². The molecule has 2 aliphatic rings. The zero-order valence-corrected chi connectivity index (χ0v) is 19.2. The quantitative estimate of drug-likeness (QED) is 0.569. The van der Waals surface area contributed by atoms with Crippen LogP contribution in [-0.4, -0.2) is 48.7 Å². The summed E-state index contributed by atoms with van der Waals surface area (Å²) >= 11 is 3.52. The zero-order valence-electron chi connectivity index (χ0n) is 17.6. The number of hydrogen-bond donors (Lipinski definition) is 0. The summed E-state index contributed by atoms with van der Waals surface area (Å²) in [5.41, 5.74) is 3.31. The number of hydrogen-bond acceptors (Lipinski definition) is 4. The SMILES string of the molecule is COc1ccc(N2CCN(C(=O)c3cn4c5c(cc(Br)cc5c3=O)C[C@H]4C)CC2)cc1. The Labute approximate surface area is 189 Å². The van der Waals surface area contributed by atoms with Crippen LogP contribution in [0, 0.1) is 0 Å². The van der Waals surface area contributed by atoms with Crippen LogP contribution >= 0.6 is 15.9 Å². The van der Waals surface area contributed by atoms with Crippen molar-refractivity contribution in [1.29, 1.82) is 0 Å². The van der Waals surface area contributed by atoms with Gasteiger partial charge in [0.1, 0.15) is 11.3 Å². The van der Waals surface area contributed by atoms with Crippen LogP contribution in [0.4, 0.5) is 5.69 Å². The van der Waals surface area contributed by atoms with E-state index in [-0.39, 0.29) is 22.9 Å². The molecule has 0 aliphatic carbocycles. The van der Waals surface area contributed by atoms with E-state index in [0.29, 0.717) is 18.5 Å². The molecule has 160 valence electrons. The van der Waals surface area contributed by atoms with E-state index in [1.54, 1.807) is 18.2 Å². The number of amides is 1. The standard InChI is InChI=1S/C24H24BrN3O3/c1-15-11-16-12-17(25)13-20-22(16)28(15)14-21(23(20)29)24(30)27-9-7-26(8-10-27)18-3-5-19(31-2)6-4-18/h3-6,12-15H,7-11H2,1-2H3/t15-/m1/s1. The van der Waals surface area contributed by atoms with Gasteiger partial charge in [-0.3, -0.25) is 9.59 Å². The highest BCUT2D eigenvalue weighted by atomic mass is 79.9. The smallest absolute Gasteiger partial charge is 0.259 e. The summed E-state index contributed by atoms with van der Waals surface area (Å²) in [5, 5.41) is 0.622. The van der Waals surface area contributed by atoms with Crippen LogP contribution in [0.2, 0.25) is 0 Å². The lowest BCUT2D eigenvalue weighted by molar-refractivity contribution is 0.0745. The van der Waals surface area contributed by atoms with Crippen LogP contribution in [0.15, 0.2) is 51.9 Å². The van der Waals surface area contributed by atoms with Gasteiger partial charge in [-0.2, -0.15) is 0 Å². The first kappa shape index (κ1) is 20.1. The molecule has 0 radical (unpaired) electrons. The summed E-state index contributed by atoms with van der Waals surface area (Å²) < 4.78 is 8.20. The van der Waals surface area contributed by atoms with Gasteiger partial charge in [-0.25, -0.2) is 0 Å². The molecule has 2 aliphatic heterocycles. The Bertz CT molecular complexity index is 1230. The lowest BCUT2D eigenvalue weighted by atomic mass is 10.1. The fourth-order valence-corrected chi connectivity index (χ4v) is 5.25. The second kappa shape index (κ2) is 7.71. The maximum Gasteiger partial charge on any atom is 0.259 e. The molecular weight excluding hydrogens is 458 g/mol. The van der Waals surface area contributed by atoms with E-state index in [4.69, 9.17) is 4.74 Å². The third-order valence-corrected chi connectivity index (χ3v) is 6.85. The topological polar surface area (TPSA) is 54.8 Å². The Morgan fingerprint density at radius 1 is 1.10 bits per heavy atom. The average Bonchev–Trinajstić information content (AvgIpc) is 3.10. The fraction of sp³-hybridized carbons (Fsp3) is 0.333. The number of ether oxygens (including phenoxy) is 1. The van der Waals surface area contributed by atoms with E-state index in [0.717, 1.165) is 46.5 Å². The first-order chi connectivity index (χ1) is 15.0. The lowest BCUT2D eigenvalue weighted by Gasteiger charge is -2.36. The van der Waals surface area contributed by atoms with E-state index in [2.05, 4.69) is 38.4 Å². The molecule has 0 bridgehead atoms. The summed E-state index contributed by atoms with van der Waals surface area (Å²) in [6.07, 6.45) is 2.64. The van der Waals surface area contributed by atoms with Crippen molar-refractivity contribution in [2.24, 2.45) is 0 Å². The summed E-state index contributed by atoms with van der Waals surface area (Å²) in [7, 11) is 1.65. The van der Waals surface area contributed by atoms with Gasteiger partial charge in [0, 0.05) is 54.0 Å². The molecule has 6 nitrogen and oxygen atoms in total. The lowest BCUT2D eigenvalue weighted by Crippen LogP contribution is -2.49. The number of carbonyl (C=O) groups excluding carboxylic acids is 1. The Morgan fingerprint density at radius 2 is 1.81 bits per heavy atom. The first-order valence-corrected chi connectivity index (χ1v) is 11.3. The summed E-state index contributed by atoms with van der Waals surface area (Å²) in [4.78, 5) is 30.6. The molecule has 1 aromatic heterocycles. The second-order valence-corrected chi connectivity index (χ2v) is 9.19. The predicted octanol–water partition coefficient (Wildman–Crippen LogP) is 3.85. The van der Waals surface area contributed by atoms with E-state index in [9.17, 15) is 9.59 Å². The monoisotopic (exact) mass is 481 g/mol. The molecule has 3 aromatic rings. The molecule has 0 saturated carbocycles. The minimum absolute atomic E-state index is 0.175. The molecule has 1 saturated heterocycles. The van der Waals surface area contributed by atoms with Gasteiger partial charge in [0.15, 0.2) is 0 Å². The molecule has 7 heteroatoms. The van der Waals surface area contributed by atoms with E-state index in [1.807, 2.05) is 30.3 Å². The number of carbonyl (C=O) groups is 1. The van der Waals surface area contributed by atoms with E-state index >= 15 is 0 Å². The van der Waals surface area contributed by atoms with E-state index < -0.39 is 0 Å². The number of pyridine rings is 1. The van der Waals surface area contributed by atoms with Crippen molar-refractivity contribution < 1.29 is 9.53 Å². The number of rotatable bonds is 3. The van der Waals surface area contributed by atoms with Crippen molar-refractivity contribution >= 4 is 38.4 Å². The second-order valence-electron chi connectivity index (χ2n) is 8.27. The number of benzene rings is 2. The van der Waals surface area contributed by atoms with Crippen molar-refractivity contribution in [3.63, 3.8) is 0 Å². The Hall–Kier alpha value is -2.80. The highest BCUT2D eigenvalue weighted by molar-refractivity contribution is 9.10. The van der Waals surface area contributed by atoms with Crippen LogP contribution in [0.25, 0.3) is 10.9 Å². The normalized spacial score (nSPS) is 18.0. The van der Waals surface area contributed by atoms with E-state index in [1.165, 1.54) is 0 Å². The number of nitrogens with zero attached hydrogens (tertiary/aromatic N) is 3. The Morgan fingerprint density at radius 3 is 2.48 bits per heavy atom. The van der Waals surface area contributed by atoms with Gasteiger partial charge in [0.2, 0.25) is 5.43 Å². The number of aromatic nitrogens is 1. The maximum atomic E-state index is 13.3. The van der Waals surface area contributed by atoms with Crippen LogP contribution in [0.3, 0.4) is 0 Å².